The van der Waals surface area contributed by atoms with Gasteiger partial charge in [0.25, 0.3) is 0 Å². The van der Waals surface area contributed by atoms with E-state index in [1.807, 2.05) is 42.5 Å². The largest absolute Gasteiger partial charge is 0.445 e. The van der Waals surface area contributed by atoms with Gasteiger partial charge in [-0.15, -0.1) is 0 Å². The minimum absolute atomic E-state index is 0.0305. The van der Waals surface area contributed by atoms with Crippen LogP contribution in [0.2, 0.25) is 0 Å². The topological polar surface area (TPSA) is 71.5 Å². The number of ether oxygens (including phenoxy) is 1. The first-order chi connectivity index (χ1) is 18.3. The second kappa shape index (κ2) is 10.5. The first-order valence-electron chi connectivity index (χ1n) is 12.1. The number of carbonyl (C=O) groups is 2. The lowest BCUT2D eigenvalue weighted by Gasteiger charge is -2.27. The van der Waals surface area contributed by atoms with Gasteiger partial charge in [-0.25, -0.2) is 4.79 Å². The van der Waals surface area contributed by atoms with Gasteiger partial charge >= 0.3 is 12.3 Å². The Labute approximate surface area is 217 Å². The van der Waals surface area contributed by atoms with Crippen LogP contribution in [0.4, 0.5) is 23.7 Å². The molecule has 0 radical (unpaired) electrons. The van der Waals surface area contributed by atoms with E-state index in [4.69, 9.17) is 4.74 Å². The fraction of sp³-hybridized carbons (Fsp3) is 0.207. The van der Waals surface area contributed by atoms with Crippen molar-refractivity contribution in [3.8, 4) is 0 Å². The molecule has 1 fully saturated rings. The summed E-state index contributed by atoms with van der Waals surface area (Å²) in [5.41, 5.74) is 1.62. The molecule has 6 nitrogen and oxygen atoms in total. The Balaban J connectivity index is 1.43. The number of nitrogens with one attached hydrogen (secondary N) is 1. The Hall–Kier alpha value is -4.40. The molecule has 0 aliphatic carbocycles. The van der Waals surface area contributed by atoms with E-state index in [0.29, 0.717) is 23.2 Å². The zero-order chi connectivity index (χ0) is 26.7. The van der Waals surface area contributed by atoms with Crippen molar-refractivity contribution in [2.24, 2.45) is 0 Å². The lowest BCUT2D eigenvalue weighted by atomic mass is 9.90. The molecule has 9 heteroatoms. The van der Waals surface area contributed by atoms with Crippen molar-refractivity contribution < 1.29 is 27.5 Å². The maximum absolute atomic E-state index is 13.7. The number of rotatable bonds is 5. The molecule has 4 aromatic rings. The zero-order valence-electron chi connectivity index (χ0n) is 20.2. The van der Waals surface area contributed by atoms with Gasteiger partial charge in [-0.05, 0) is 41.8 Å². The molecule has 0 saturated carbocycles. The summed E-state index contributed by atoms with van der Waals surface area (Å²) in [6.07, 6.45) is -3.14. The van der Waals surface area contributed by atoms with Crippen molar-refractivity contribution >= 4 is 28.6 Å². The highest BCUT2D eigenvalue weighted by atomic mass is 19.4. The average molecular weight is 520 g/mol. The molecule has 2 amide bonds. The third kappa shape index (κ3) is 5.32. The van der Waals surface area contributed by atoms with Crippen LogP contribution in [0, 0.1) is 0 Å². The minimum Gasteiger partial charge on any atom is -0.445 e. The Morgan fingerprint density at radius 2 is 1.68 bits per heavy atom. The molecular formula is C29H24F3N3O3. The number of likely N-dealkylation sites (tertiary alicyclic amines) is 1. The summed E-state index contributed by atoms with van der Waals surface area (Å²) in [6, 6.07) is 21.9. The van der Waals surface area contributed by atoms with E-state index in [0.717, 1.165) is 23.1 Å². The fourth-order valence-electron chi connectivity index (χ4n) is 4.80. The monoisotopic (exact) mass is 519 g/mol. The summed E-state index contributed by atoms with van der Waals surface area (Å²) >= 11 is 0. The molecule has 3 aromatic carbocycles. The molecule has 2 heterocycles. The second-order valence-electron chi connectivity index (χ2n) is 9.06. The average Bonchev–Trinajstić information content (AvgIpc) is 3.38. The Kier molecular flexibility index (Phi) is 7.00. The van der Waals surface area contributed by atoms with Crippen molar-refractivity contribution in [3.05, 3.63) is 108 Å². The molecular weight excluding hydrogens is 495 g/mol. The van der Waals surface area contributed by atoms with Gasteiger partial charge in [0, 0.05) is 24.0 Å². The Morgan fingerprint density at radius 1 is 0.947 bits per heavy atom. The van der Waals surface area contributed by atoms with Gasteiger partial charge in [-0.1, -0.05) is 60.7 Å². The van der Waals surface area contributed by atoms with Crippen LogP contribution in [0.3, 0.4) is 0 Å². The van der Waals surface area contributed by atoms with E-state index in [1.165, 1.54) is 17.0 Å². The minimum atomic E-state index is -4.47. The molecule has 1 aliphatic heterocycles. The number of alkyl halides is 3. The number of fused-ring (bicyclic) bond motifs is 1. The van der Waals surface area contributed by atoms with Crippen molar-refractivity contribution in [1.29, 1.82) is 0 Å². The maximum atomic E-state index is 13.7. The molecule has 5 rings (SSSR count). The molecule has 0 bridgehead atoms. The van der Waals surface area contributed by atoms with E-state index in [1.54, 1.807) is 24.4 Å². The van der Waals surface area contributed by atoms with Crippen LogP contribution in [0.5, 0.6) is 0 Å². The Morgan fingerprint density at radius 3 is 2.42 bits per heavy atom. The third-order valence-corrected chi connectivity index (χ3v) is 6.66. The number of hydrogen-bond acceptors (Lipinski definition) is 4. The number of halogens is 3. The van der Waals surface area contributed by atoms with E-state index in [-0.39, 0.29) is 13.2 Å². The number of carbonyl (C=O) groups excluding carboxylic acids is 2. The summed E-state index contributed by atoms with van der Waals surface area (Å²) in [6.45, 7) is 0.244. The quantitative estimate of drug-likeness (QED) is 0.332. The molecule has 1 aromatic heterocycles. The lowest BCUT2D eigenvalue weighted by molar-refractivity contribution is -0.137. The molecule has 38 heavy (non-hydrogen) atoms. The molecule has 194 valence electrons. The van der Waals surface area contributed by atoms with E-state index in [9.17, 15) is 22.8 Å². The van der Waals surface area contributed by atoms with Crippen LogP contribution in [0.1, 0.15) is 29.0 Å². The van der Waals surface area contributed by atoms with Gasteiger partial charge < -0.3 is 10.1 Å². The predicted octanol–water partition coefficient (Wildman–Crippen LogP) is 6.39. The van der Waals surface area contributed by atoms with Crippen molar-refractivity contribution in [1.82, 2.24) is 9.88 Å². The summed E-state index contributed by atoms with van der Waals surface area (Å²) in [5, 5.41) is 3.72. The summed E-state index contributed by atoms with van der Waals surface area (Å²) < 4.78 is 44.9. The molecule has 1 N–H and O–H groups in total. The molecule has 1 aliphatic rings. The van der Waals surface area contributed by atoms with Crippen molar-refractivity contribution in [2.45, 2.75) is 31.2 Å². The van der Waals surface area contributed by atoms with Gasteiger partial charge in [0.15, 0.2) is 0 Å². The molecule has 2 atom stereocenters. The van der Waals surface area contributed by atoms with Crippen LogP contribution in [0.25, 0.3) is 10.9 Å². The highest BCUT2D eigenvalue weighted by Crippen LogP contribution is 2.37. The van der Waals surface area contributed by atoms with Crippen molar-refractivity contribution in [3.63, 3.8) is 0 Å². The van der Waals surface area contributed by atoms with Crippen molar-refractivity contribution in [2.75, 3.05) is 11.9 Å². The molecule has 0 unspecified atom stereocenters. The number of para-hydroxylation sites is 1. The number of nitrogens with zero attached hydrogens (tertiary/aromatic N) is 2. The first-order valence-corrected chi connectivity index (χ1v) is 12.1. The smallest absolute Gasteiger partial charge is 0.416 e. The number of amides is 2. The van der Waals surface area contributed by atoms with E-state index >= 15 is 0 Å². The molecule has 0 spiro atoms. The van der Waals surface area contributed by atoms with Gasteiger partial charge in [-0.3, -0.25) is 14.7 Å². The summed E-state index contributed by atoms with van der Waals surface area (Å²) in [7, 11) is 0. The van der Waals surface area contributed by atoms with Crippen LogP contribution in [0.15, 0.2) is 91.1 Å². The highest BCUT2D eigenvalue weighted by molar-refractivity contribution is 6.03. The second-order valence-corrected chi connectivity index (χ2v) is 9.06. The molecule has 1 saturated heterocycles. The fourth-order valence-corrected chi connectivity index (χ4v) is 4.80. The summed E-state index contributed by atoms with van der Waals surface area (Å²) in [4.78, 5) is 32.5. The van der Waals surface area contributed by atoms with Gasteiger partial charge in [-0.2, -0.15) is 13.2 Å². The number of aromatic nitrogens is 1. The summed E-state index contributed by atoms with van der Waals surface area (Å²) in [5.74, 6) is -0.994. The normalized spacial score (nSPS) is 17.4. The van der Waals surface area contributed by atoms with E-state index < -0.39 is 35.7 Å². The predicted molar refractivity (Wildman–Crippen MR) is 136 cm³/mol. The number of benzene rings is 3. The lowest BCUT2D eigenvalue weighted by Crippen LogP contribution is -2.45. The van der Waals surface area contributed by atoms with Crippen LogP contribution < -0.4 is 5.32 Å². The van der Waals surface area contributed by atoms with Gasteiger partial charge in [0.2, 0.25) is 5.91 Å². The highest BCUT2D eigenvalue weighted by Gasteiger charge is 2.44. The van der Waals surface area contributed by atoms with Gasteiger partial charge in [0.05, 0.1) is 16.8 Å². The maximum Gasteiger partial charge on any atom is 0.416 e. The number of hydrogen-bond donors (Lipinski definition) is 1. The van der Waals surface area contributed by atoms with Crippen LogP contribution in [-0.4, -0.2) is 34.5 Å². The van der Waals surface area contributed by atoms with Gasteiger partial charge in [0.1, 0.15) is 12.6 Å². The zero-order valence-corrected chi connectivity index (χ0v) is 20.2. The third-order valence-electron chi connectivity index (χ3n) is 6.66. The SMILES string of the molecule is O=C(Nc1cccc2cccnc12)[C@@H]1[C@H](c2ccc(C(F)(F)F)cc2)CCN1C(=O)OCc1ccccc1. The van der Waals surface area contributed by atoms with Crippen LogP contribution >= 0.6 is 0 Å². The standard InChI is InChI=1S/C29H24F3N3O3/c30-29(31,32)22-13-11-20(12-14-22)23-15-17-35(28(37)38-18-19-6-2-1-3-7-19)26(23)27(36)34-24-10-4-8-21-9-5-16-33-25(21)24/h1-14,16,23,26H,15,17-18H2,(H,34,36)/t23-,26-/m0/s1. The van der Waals surface area contributed by atoms with E-state index in [2.05, 4.69) is 10.3 Å². The Bertz CT molecular complexity index is 1440. The number of anilines is 1. The van der Waals surface area contributed by atoms with Crippen LogP contribution in [-0.2, 0) is 22.3 Å². The first kappa shape index (κ1) is 25.3. The number of pyridine rings is 1.